The Bertz CT molecular complexity index is 243. The largest absolute Gasteiger partial charge is 0.481 e. The van der Waals surface area contributed by atoms with E-state index >= 15 is 0 Å². The number of aliphatic carboxylic acids is 1. The fourth-order valence-electron chi connectivity index (χ4n) is 3.07. The van der Waals surface area contributed by atoms with E-state index in [-0.39, 0.29) is 0 Å². The van der Waals surface area contributed by atoms with Crippen molar-refractivity contribution in [3.05, 3.63) is 12.7 Å². The van der Waals surface area contributed by atoms with Gasteiger partial charge in [-0.3, -0.25) is 4.79 Å². The number of carboxylic acids is 1. The molecule has 2 rings (SSSR count). The molecule has 2 heteroatoms. The molecule has 0 aromatic carbocycles. The van der Waals surface area contributed by atoms with E-state index in [4.69, 9.17) is 5.11 Å². The molecule has 0 aromatic rings. The number of hydrogen-bond donors (Lipinski definition) is 1. The molecular formula is C11H16O2. The molecule has 0 aromatic heterocycles. The summed E-state index contributed by atoms with van der Waals surface area (Å²) in [5, 5.41) is 9.12. The Balaban J connectivity index is 2.04. The normalized spacial score (nSPS) is 27.4. The zero-order valence-corrected chi connectivity index (χ0v) is 7.88. The van der Waals surface area contributed by atoms with Crippen LogP contribution in [0.15, 0.2) is 12.7 Å². The molecule has 0 radical (unpaired) electrons. The molecule has 2 saturated carbocycles. The molecule has 1 spiro atoms. The minimum absolute atomic E-state index is 0.432. The Kier molecular flexibility index (Phi) is 1.76. The molecule has 2 nitrogen and oxygen atoms in total. The molecule has 13 heavy (non-hydrogen) atoms. The fraction of sp³-hybridized carbons (Fsp3) is 0.727. The van der Waals surface area contributed by atoms with E-state index in [1.165, 1.54) is 19.3 Å². The summed E-state index contributed by atoms with van der Waals surface area (Å²) in [4.78, 5) is 11.1. The molecule has 2 aliphatic rings. The van der Waals surface area contributed by atoms with Crippen LogP contribution in [-0.4, -0.2) is 11.1 Å². The first-order valence-electron chi connectivity index (χ1n) is 4.97. The molecule has 72 valence electrons. The first kappa shape index (κ1) is 8.79. The van der Waals surface area contributed by atoms with Crippen LogP contribution in [0.5, 0.6) is 0 Å². The van der Waals surface area contributed by atoms with Crippen molar-refractivity contribution in [1.82, 2.24) is 0 Å². The SMILES string of the molecule is C=CCC1(C(=O)O)CC2(CCC2)C1. The molecule has 0 saturated heterocycles. The number of hydrogen-bond acceptors (Lipinski definition) is 1. The highest BCUT2D eigenvalue weighted by Crippen LogP contribution is 2.65. The quantitative estimate of drug-likeness (QED) is 0.678. The van der Waals surface area contributed by atoms with Crippen molar-refractivity contribution in [2.45, 2.75) is 38.5 Å². The van der Waals surface area contributed by atoms with Crippen molar-refractivity contribution in [1.29, 1.82) is 0 Å². The van der Waals surface area contributed by atoms with E-state index in [0.717, 1.165) is 12.8 Å². The van der Waals surface area contributed by atoms with Gasteiger partial charge in [0.1, 0.15) is 0 Å². The van der Waals surface area contributed by atoms with Gasteiger partial charge in [0.15, 0.2) is 0 Å². The molecule has 2 aliphatic carbocycles. The minimum Gasteiger partial charge on any atom is -0.481 e. The van der Waals surface area contributed by atoms with Gasteiger partial charge in [-0.25, -0.2) is 0 Å². The first-order valence-corrected chi connectivity index (χ1v) is 4.97. The Morgan fingerprint density at radius 3 is 2.38 bits per heavy atom. The van der Waals surface area contributed by atoms with Gasteiger partial charge in [0.25, 0.3) is 0 Å². The maximum atomic E-state index is 11.1. The standard InChI is InChI=1S/C11H16O2/c1-2-4-11(9(12)13)7-10(8-11)5-3-6-10/h2H,1,3-8H2,(H,12,13). The second-order valence-corrected chi connectivity index (χ2v) is 4.79. The molecule has 0 atom stereocenters. The third kappa shape index (κ3) is 1.11. The number of carbonyl (C=O) groups is 1. The van der Waals surface area contributed by atoms with E-state index in [0.29, 0.717) is 11.8 Å². The Morgan fingerprint density at radius 1 is 1.46 bits per heavy atom. The van der Waals surface area contributed by atoms with Crippen molar-refractivity contribution in [3.8, 4) is 0 Å². The highest BCUT2D eigenvalue weighted by Gasteiger charge is 2.60. The summed E-state index contributed by atoms with van der Waals surface area (Å²) in [6.07, 6.45) is 7.97. The van der Waals surface area contributed by atoms with Crippen molar-refractivity contribution < 1.29 is 9.90 Å². The van der Waals surface area contributed by atoms with E-state index in [1.807, 2.05) is 0 Å². The van der Waals surface area contributed by atoms with E-state index < -0.39 is 11.4 Å². The van der Waals surface area contributed by atoms with Crippen LogP contribution in [-0.2, 0) is 4.79 Å². The summed E-state index contributed by atoms with van der Waals surface area (Å²) >= 11 is 0. The Morgan fingerprint density at radius 2 is 2.08 bits per heavy atom. The highest BCUT2D eigenvalue weighted by molar-refractivity contribution is 5.76. The van der Waals surface area contributed by atoms with Crippen LogP contribution in [0.4, 0.5) is 0 Å². The molecule has 0 amide bonds. The summed E-state index contributed by atoms with van der Waals surface area (Å²) in [5.41, 5.74) is -0.0103. The van der Waals surface area contributed by atoms with Crippen LogP contribution >= 0.6 is 0 Å². The highest BCUT2D eigenvalue weighted by atomic mass is 16.4. The van der Waals surface area contributed by atoms with Crippen molar-refractivity contribution in [3.63, 3.8) is 0 Å². The topological polar surface area (TPSA) is 37.3 Å². The second kappa shape index (κ2) is 2.60. The van der Waals surface area contributed by atoms with E-state index in [9.17, 15) is 4.79 Å². The molecule has 0 unspecified atom stereocenters. The third-order valence-corrected chi connectivity index (χ3v) is 3.83. The van der Waals surface area contributed by atoms with Crippen LogP contribution < -0.4 is 0 Å². The first-order chi connectivity index (χ1) is 6.13. The van der Waals surface area contributed by atoms with Crippen LogP contribution in [0.25, 0.3) is 0 Å². The maximum absolute atomic E-state index is 11.1. The van der Waals surface area contributed by atoms with Gasteiger partial charge in [-0.1, -0.05) is 12.5 Å². The molecule has 2 fully saturated rings. The minimum atomic E-state index is -0.620. The summed E-state index contributed by atoms with van der Waals surface area (Å²) in [6.45, 7) is 3.64. The molecule has 1 N–H and O–H groups in total. The molecule has 0 heterocycles. The average Bonchev–Trinajstić information content (AvgIpc) is 1.91. The Hall–Kier alpha value is -0.790. The summed E-state index contributed by atoms with van der Waals surface area (Å²) in [5.74, 6) is -0.620. The van der Waals surface area contributed by atoms with Crippen molar-refractivity contribution in [2.24, 2.45) is 10.8 Å². The van der Waals surface area contributed by atoms with Gasteiger partial charge in [0.2, 0.25) is 0 Å². The van der Waals surface area contributed by atoms with Gasteiger partial charge in [-0.15, -0.1) is 6.58 Å². The number of rotatable bonds is 3. The average molecular weight is 180 g/mol. The predicted octanol–water partition coefficient (Wildman–Crippen LogP) is 2.60. The zero-order chi connectivity index (χ0) is 9.53. The fourth-order valence-corrected chi connectivity index (χ4v) is 3.07. The lowest BCUT2D eigenvalue weighted by Crippen LogP contribution is -2.54. The summed E-state index contributed by atoms with van der Waals surface area (Å²) < 4.78 is 0. The van der Waals surface area contributed by atoms with Gasteiger partial charge in [0.05, 0.1) is 5.41 Å². The van der Waals surface area contributed by atoms with Crippen LogP contribution in [0.1, 0.15) is 38.5 Å². The molecule has 0 bridgehead atoms. The van der Waals surface area contributed by atoms with Crippen LogP contribution in [0.3, 0.4) is 0 Å². The number of carboxylic acid groups (broad SMARTS) is 1. The van der Waals surface area contributed by atoms with Crippen molar-refractivity contribution >= 4 is 5.97 Å². The van der Waals surface area contributed by atoms with Gasteiger partial charge < -0.3 is 5.11 Å². The summed E-state index contributed by atoms with van der Waals surface area (Å²) in [6, 6.07) is 0. The zero-order valence-electron chi connectivity index (χ0n) is 7.88. The molecule has 0 aliphatic heterocycles. The van der Waals surface area contributed by atoms with E-state index in [1.54, 1.807) is 6.08 Å². The van der Waals surface area contributed by atoms with Gasteiger partial charge in [-0.05, 0) is 37.5 Å². The van der Waals surface area contributed by atoms with Crippen molar-refractivity contribution in [2.75, 3.05) is 0 Å². The van der Waals surface area contributed by atoms with Crippen LogP contribution in [0, 0.1) is 10.8 Å². The van der Waals surface area contributed by atoms with E-state index in [2.05, 4.69) is 6.58 Å². The lowest BCUT2D eigenvalue weighted by atomic mass is 9.44. The Labute approximate surface area is 78.6 Å². The lowest BCUT2D eigenvalue weighted by Gasteiger charge is -2.59. The molecular weight excluding hydrogens is 164 g/mol. The van der Waals surface area contributed by atoms with Gasteiger partial charge in [-0.2, -0.15) is 0 Å². The van der Waals surface area contributed by atoms with Gasteiger partial charge >= 0.3 is 5.97 Å². The summed E-state index contributed by atoms with van der Waals surface area (Å²) in [7, 11) is 0. The predicted molar refractivity (Wildman–Crippen MR) is 50.4 cm³/mol. The second-order valence-electron chi connectivity index (χ2n) is 4.79. The third-order valence-electron chi connectivity index (χ3n) is 3.83. The monoisotopic (exact) mass is 180 g/mol. The smallest absolute Gasteiger partial charge is 0.309 e. The van der Waals surface area contributed by atoms with Crippen LogP contribution in [0.2, 0.25) is 0 Å². The van der Waals surface area contributed by atoms with Gasteiger partial charge in [0, 0.05) is 0 Å². The maximum Gasteiger partial charge on any atom is 0.309 e. The number of allylic oxidation sites excluding steroid dienone is 1. The lowest BCUT2D eigenvalue weighted by molar-refractivity contribution is -0.173.